The lowest BCUT2D eigenvalue weighted by molar-refractivity contribution is -0.199. The Bertz CT molecular complexity index is 1240. The van der Waals surface area contributed by atoms with Crippen molar-refractivity contribution >= 4 is 19.1 Å². The number of hydrogen-bond acceptors (Lipinski definition) is 5. The summed E-state index contributed by atoms with van der Waals surface area (Å²) < 4.78 is 13.3. The van der Waals surface area contributed by atoms with Gasteiger partial charge in [0.05, 0.1) is 17.6 Å². The smallest absolute Gasteiger partial charge is 0.404 e. The molecule has 42 heavy (non-hydrogen) atoms. The summed E-state index contributed by atoms with van der Waals surface area (Å²) in [5.74, 6) is 0.448. The van der Waals surface area contributed by atoms with E-state index in [1.165, 1.54) is 6.42 Å². The number of benzene rings is 1. The van der Waals surface area contributed by atoms with Crippen molar-refractivity contribution in [1.29, 1.82) is 5.26 Å². The molecule has 3 aliphatic carbocycles. The highest BCUT2D eigenvalue weighted by Crippen LogP contribution is 2.65. The maximum atomic E-state index is 13.4. The van der Waals surface area contributed by atoms with Crippen LogP contribution < -0.4 is 10.6 Å². The van der Waals surface area contributed by atoms with E-state index in [9.17, 15) is 14.9 Å². The van der Waals surface area contributed by atoms with E-state index < -0.39 is 7.12 Å². The first-order valence-corrected chi connectivity index (χ1v) is 15.7. The number of nitriles is 1. The summed E-state index contributed by atoms with van der Waals surface area (Å²) in [6.45, 7) is 13.7. The second-order valence-corrected chi connectivity index (χ2v) is 14.7. The maximum Gasteiger partial charge on any atom is 0.482 e. The van der Waals surface area contributed by atoms with Crippen molar-refractivity contribution in [3.63, 3.8) is 0 Å². The van der Waals surface area contributed by atoms with Gasteiger partial charge in [0.25, 0.3) is 5.91 Å². The number of hydrogen-bond donors (Lipinski definition) is 2. The van der Waals surface area contributed by atoms with Gasteiger partial charge in [0, 0.05) is 19.1 Å². The molecule has 2 bridgehead atoms. The fraction of sp³-hybridized carbons (Fsp3) is 0.667. The minimum atomic E-state index is -0.547. The number of allylic oxidation sites excluding steroid dienone is 1. The molecule has 5 fully saturated rings. The van der Waals surface area contributed by atoms with E-state index in [1.807, 2.05) is 39.0 Å². The Morgan fingerprint density at radius 1 is 1.19 bits per heavy atom. The highest BCUT2D eigenvalue weighted by atomic mass is 16.7. The number of amides is 3. The molecule has 5 aliphatic rings. The van der Waals surface area contributed by atoms with Gasteiger partial charge in [0.2, 0.25) is 0 Å². The highest BCUT2D eigenvalue weighted by Gasteiger charge is 2.68. The third kappa shape index (κ3) is 6.12. The van der Waals surface area contributed by atoms with Crippen LogP contribution in [0.2, 0.25) is 0 Å². The number of nitrogens with one attached hydrogen (secondary N) is 2. The van der Waals surface area contributed by atoms with Crippen molar-refractivity contribution in [2.75, 3.05) is 13.1 Å². The summed E-state index contributed by atoms with van der Waals surface area (Å²) in [6, 6.07) is 11.7. The van der Waals surface area contributed by atoms with Crippen molar-refractivity contribution in [3.05, 3.63) is 47.5 Å². The van der Waals surface area contributed by atoms with Gasteiger partial charge in [-0.2, -0.15) is 5.26 Å². The maximum absolute atomic E-state index is 13.4. The van der Waals surface area contributed by atoms with Crippen LogP contribution in [0.1, 0.15) is 79.2 Å². The molecule has 0 radical (unpaired) electrons. The van der Waals surface area contributed by atoms with Crippen molar-refractivity contribution in [2.24, 2.45) is 22.7 Å². The molecule has 6 rings (SSSR count). The third-order valence-corrected chi connectivity index (χ3v) is 10.2. The van der Waals surface area contributed by atoms with Crippen molar-refractivity contribution < 1.29 is 18.9 Å². The molecule has 1 aromatic carbocycles. The van der Waals surface area contributed by atoms with E-state index in [-0.39, 0.29) is 52.0 Å². The van der Waals surface area contributed by atoms with Crippen LogP contribution in [0.5, 0.6) is 0 Å². The van der Waals surface area contributed by atoms with Crippen LogP contribution >= 0.6 is 0 Å². The zero-order valence-electron chi connectivity index (χ0n) is 26.1. The second kappa shape index (κ2) is 11.7. The summed E-state index contributed by atoms with van der Waals surface area (Å²) in [7, 11) is -0.547. The number of rotatable bonds is 7. The Hall–Kier alpha value is -2.83. The number of urea groups is 1. The molecule has 1 aromatic rings. The molecular formula is C33H47BN4O4. The molecule has 3 saturated carbocycles. The Balaban J connectivity index is 1.26. The van der Waals surface area contributed by atoms with E-state index in [2.05, 4.69) is 49.6 Å². The molecule has 226 valence electrons. The molecule has 2 heterocycles. The van der Waals surface area contributed by atoms with Gasteiger partial charge in [-0.25, -0.2) is 4.79 Å². The standard InChI is InChI=1S/C33H47BN4O4/c1-31(2,3)19-23(20-35)29(39)38-15-11-10-14-25(38)21-36-30(40)37-28(16-22-12-8-7-9-13-22)34-41-27-18-24-17-26(32(24,4)5)33(27,6)42-34/h7-9,12-13,19,24-28H,10-11,14-18,21H2,1-6H3,(H2,36,37,40)/t24-,25-,26-,27+,28-,33-/m0/s1. The molecule has 2 N–H and O–H groups in total. The lowest BCUT2D eigenvalue weighted by Crippen LogP contribution is -2.65. The molecule has 6 atom stereocenters. The molecular weight excluding hydrogens is 527 g/mol. The fourth-order valence-electron chi connectivity index (χ4n) is 7.79. The van der Waals surface area contributed by atoms with E-state index in [4.69, 9.17) is 9.31 Å². The molecule has 8 nitrogen and oxygen atoms in total. The van der Waals surface area contributed by atoms with Gasteiger partial charge in [0.1, 0.15) is 11.6 Å². The van der Waals surface area contributed by atoms with Gasteiger partial charge in [-0.1, -0.05) is 71.0 Å². The monoisotopic (exact) mass is 574 g/mol. The molecule has 3 amide bonds. The molecule has 9 heteroatoms. The summed E-state index contributed by atoms with van der Waals surface area (Å²) >= 11 is 0. The Kier molecular flexibility index (Phi) is 8.53. The topological polar surface area (TPSA) is 104 Å². The third-order valence-electron chi connectivity index (χ3n) is 10.2. The van der Waals surface area contributed by atoms with Crippen LogP contribution in [0.4, 0.5) is 4.79 Å². The van der Waals surface area contributed by atoms with E-state index in [0.29, 0.717) is 31.3 Å². The predicted molar refractivity (Wildman–Crippen MR) is 163 cm³/mol. The molecule has 0 aromatic heterocycles. The summed E-state index contributed by atoms with van der Waals surface area (Å²) in [6.07, 6.45) is 7.14. The Morgan fingerprint density at radius 2 is 1.93 bits per heavy atom. The van der Waals surface area contributed by atoms with Crippen molar-refractivity contribution in [2.45, 2.75) is 104 Å². The lowest BCUT2D eigenvalue weighted by Gasteiger charge is -2.64. The number of likely N-dealkylation sites (tertiary alicyclic amines) is 1. The van der Waals surface area contributed by atoms with E-state index >= 15 is 0 Å². The summed E-state index contributed by atoms with van der Waals surface area (Å²) in [4.78, 5) is 28.4. The fourth-order valence-corrected chi connectivity index (χ4v) is 7.79. The number of nitrogens with zero attached hydrogens (tertiary/aromatic N) is 2. The Labute approximate surface area is 251 Å². The summed E-state index contributed by atoms with van der Waals surface area (Å²) in [5.41, 5.74) is 0.845. The normalized spacial score (nSPS) is 30.9. The van der Waals surface area contributed by atoms with Gasteiger partial charge in [-0.15, -0.1) is 0 Å². The summed E-state index contributed by atoms with van der Waals surface area (Å²) in [5, 5.41) is 15.9. The molecule has 2 aliphatic heterocycles. The van der Waals surface area contributed by atoms with Crippen LogP contribution in [0.15, 0.2) is 42.0 Å². The van der Waals surface area contributed by atoms with Gasteiger partial charge < -0.3 is 24.8 Å². The molecule has 0 spiro atoms. The number of carbonyl (C=O) groups is 2. The van der Waals surface area contributed by atoms with Gasteiger partial charge >= 0.3 is 13.1 Å². The SMILES string of the molecule is CC(C)(C)C=C(C#N)C(=O)N1CCCC[C@H]1CNC(=O)N[C@@H](Cc1ccccc1)B1O[C@@H]2C[C@@H]3C[C@@H](C3(C)C)[C@]2(C)O1. The number of piperidine rings is 1. The zero-order valence-corrected chi connectivity index (χ0v) is 26.1. The minimum absolute atomic E-state index is 0.0275. The first-order valence-electron chi connectivity index (χ1n) is 15.7. The average molecular weight is 575 g/mol. The first kappa shape index (κ1) is 30.6. The van der Waals surface area contributed by atoms with E-state index in [1.54, 1.807) is 11.0 Å². The quantitative estimate of drug-likeness (QED) is 0.270. The van der Waals surface area contributed by atoms with Crippen molar-refractivity contribution in [3.8, 4) is 6.07 Å². The number of carbonyl (C=O) groups excluding carboxylic acids is 2. The van der Waals surface area contributed by atoms with Crippen LogP contribution in [0.25, 0.3) is 0 Å². The minimum Gasteiger partial charge on any atom is -0.404 e. The van der Waals surface area contributed by atoms with Gasteiger partial charge in [0.15, 0.2) is 0 Å². The Morgan fingerprint density at radius 3 is 2.60 bits per heavy atom. The average Bonchev–Trinajstić information content (AvgIpc) is 3.31. The van der Waals surface area contributed by atoms with Gasteiger partial charge in [-0.05, 0) is 73.7 Å². The van der Waals surface area contributed by atoms with Gasteiger partial charge in [-0.3, -0.25) is 4.79 Å². The lowest BCUT2D eigenvalue weighted by atomic mass is 9.43. The second-order valence-electron chi connectivity index (χ2n) is 14.7. The van der Waals surface area contributed by atoms with Crippen LogP contribution in [0.3, 0.4) is 0 Å². The van der Waals surface area contributed by atoms with Crippen LogP contribution in [0, 0.1) is 34.0 Å². The van der Waals surface area contributed by atoms with E-state index in [0.717, 1.165) is 31.2 Å². The van der Waals surface area contributed by atoms with Crippen molar-refractivity contribution in [1.82, 2.24) is 15.5 Å². The van der Waals surface area contributed by atoms with Crippen LogP contribution in [-0.2, 0) is 20.5 Å². The largest absolute Gasteiger partial charge is 0.482 e. The van der Waals surface area contributed by atoms with Crippen LogP contribution in [-0.4, -0.2) is 60.7 Å². The first-order chi connectivity index (χ1) is 19.8. The highest BCUT2D eigenvalue weighted by molar-refractivity contribution is 6.48. The zero-order chi connectivity index (χ0) is 30.3. The molecule has 2 saturated heterocycles. The predicted octanol–water partition coefficient (Wildman–Crippen LogP) is 5.04. The molecule has 0 unspecified atom stereocenters.